The SMILES string of the molecule is CCC(C)(C)Nc1[c]cc(C#N)cc1O. The predicted molar refractivity (Wildman–Crippen MR) is 59.7 cm³/mol. The number of hydrogen-bond donors (Lipinski definition) is 2. The molecule has 0 amide bonds. The van der Waals surface area contributed by atoms with E-state index in [1.165, 1.54) is 6.07 Å². The van der Waals surface area contributed by atoms with Crippen LogP contribution < -0.4 is 5.32 Å². The van der Waals surface area contributed by atoms with Gasteiger partial charge in [0.1, 0.15) is 5.75 Å². The highest BCUT2D eigenvalue weighted by atomic mass is 16.3. The molecule has 0 aliphatic carbocycles. The van der Waals surface area contributed by atoms with Gasteiger partial charge in [0.2, 0.25) is 0 Å². The van der Waals surface area contributed by atoms with Gasteiger partial charge in [0.05, 0.1) is 17.3 Å². The van der Waals surface area contributed by atoms with Crippen molar-refractivity contribution in [3.63, 3.8) is 0 Å². The van der Waals surface area contributed by atoms with Crippen molar-refractivity contribution in [1.29, 1.82) is 5.26 Å². The van der Waals surface area contributed by atoms with Crippen LogP contribution in [0.5, 0.6) is 5.75 Å². The fourth-order valence-corrected chi connectivity index (χ4v) is 1.08. The van der Waals surface area contributed by atoms with Crippen LogP contribution in [-0.2, 0) is 0 Å². The van der Waals surface area contributed by atoms with Gasteiger partial charge in [-0.1, -0.05) is 6.92 Å². The Morgan fingerprint density at radius 2 is 2.27 bits per heavy atom. The molecule has 0 saturated heterocycles. The Balaban J connectivity index is 2.93. The summed E-state index contributed by atoms with van der Waals surface area (Å²) in [5.41, 5.74) is 0.857. The summed E-state index contributed by atoms with van der Waals surface area (Å²) < 4.78 is 0. The van der Waals surface area contributed by atoms with Gasteiger partial charge in [-0.05, 0) is 32.4 Å². The fourth-order valence-electron chi connectivity index (χ4n) is 1.08. The van der Waals surface area contributed by atoms with Crippen LogP contribution in [0.3, 0.4) is 0 Å². The van der Waals surface area contributed by atoms with E-state index in [-0.39, 0.29) is 11.3 Å². The number of anilines is 1. The van der Waals surface area contributed by atoms with Gasteiger partial charge >= 0.3 is 0 Å². The number of phenolic OH excluding ortho intramolecular Hbond substituents is 1. The molecular formula is C12H15N2O. The minimum atomic E-state index is -0.0951. The topological polar surface area (TPSA) is 56.0 Å². The average molecular weight is 203 g/mol. The molecule has 1 radical (unpaired) electrons. The van der Waals surface area contributed by atoms with Crippen LogP contribution in [0.4, 0.5) is 5.69 Å². The summed E-state index contributed by atoms with van der Waals surface area (Å²) in [5.74, 6) is 0.0653. The lowest BCUT2D eigenvalue weighted by molar-refractivity contribution is 0.470. The van der Waals surface area contributed by atoms with E-state index in [0.717, 1.165) is 6.42 Å². The zero-order chi connectivity index (χ0) is 11.5. The maximum Gasteiger partial charge on any atom is 0.140 e. The minimum absolute atomic E-state index is 0.0653. The van der Waals surface area contributed by atoms with Crippen molar-refractivity contribution in [2.45, 2.75) is 32.7 Å². The Labute approximate surface area is 90.4 Å². The molecule has 1 rings (SSSR count). The van der Waals surface area contributed by atoms with E-state index in [1.807, 2.05) is 19.9 Å². The summed E-state index contributed by atoms with van der Waals surface area (Å²) in [6, 6.07) is 7.81. The quantitative estimate of drug-likeness (QED) is 0.742. The van der Waals surface area contributed by atoms with Crippen molar-refractivity contribution in [3.8, 4) is 11.8 Å². The van der Waals surface area contributed by atoms with Gasteiger partial charge in [-0.25, -0.2) is 0 Å². The van der Waals surface area contributed by atoms with Crippen LogP contribution in [0.25, 0.3) is 0 Å². The number of nitrogens with one attached hydrogen (secondary N) is 1. The molecule has 0 saturated carbocycles. The molecule has 0 bridgehead atoms. The summed E-state index contributed by atoms with van der Waals surface area (Å²) in [6.45, 7) is 6.14. The van der Waals surface area contributed by atoms with Gasteiger partial charge in [0.15, 0.2) is 0 Å². The zero-order valence-corrected chi connectivity index (χ0v) is 9.26. The number of nitrogens with zero attached hydrogens (tertiary/aromatic N) is 1. The number of aromatic hydroxyl groups is 1. The number of hydrogen-bond acceptors (Lipinski definition) is 3. The number of phenols is 1. The van der Waals surface area contributed by atoms with Crippen LogP contribution in [0.2, 0.25) is 0 Å². The molecule has 2 N–H and O–H groups in total. The second kappa shape index (κ2) is 4.22. The fraction of sp³-hybridized carbons (Fsp3) is 0.417. The highest BCUT2D eigenvalue weighted by molar-refractivity contribution is 5.58. The second-order valence-electron chi connectivity index (χ2n) is 4.12. The highest BCUT2D eigenvalue weighted by Gasteiger charge is 2.16. The Hall–Kier alpha value is -1.69. The van der Waals surface area contributed by atoms with Crippen LogP contribution >= 0.6 is 0 Å². The summed E-state index contributed by atoms with van der Waals surface area (Å²) in [6.07, 6.45) is 0.931. The molecule has 0 fully saturated rings. The molecular weight excluding hydrogens is 188 g/mol. The van der Waals surface area contributed by atoms with Gasteiger partial charge < -0.3 is 10.4 Å². The molecule has 0 unspecified atom stereocenters. The van der Waals surface area contributed by atoms with E-state index < -0.39 is 0 Å². The summed E-state index contributed by atoms with van der Waals surface area (Å²) in [5, 5.41) is 21.4. The Morgan fingerprint density at radius 3 is 2.73 bits per heavy atom. The van der Waals surface area contributed by atoms with E-state index in [1.54, 1.807) is 6.07 Å². The van der Waals surface area contributed by atoms with E-state index in [0.29, 0.717) is 11.3 Å². The van der Waals surface area contributed by atoms with Crippen molar-refractivity contribution in [2.24, 2.45) is 0 Å². The Morgan fingerprint density at radius 1 is 1.60 bits per heavy atom. The van der Waals surface area contributed by atoms with Gasteiger partial charge in [0.25, 0.3) is 0 Å². The molecule has 3 heteroatoms. The molecule has 0 heterocycles. The molecule has 1 aromatic carbocycles. The van der Waals surface area contributed by atoms with Crippen LogP contribution in [-0.4, -0.2) is 10.6 Å². The predicted octanol–water partition coefficient (Wildman–Crippen LogP) is 2.66. The third-order valence-corrected chi connectivity index (χ3v) is 2.40. The molecule has 0 atom stereocenters. The normalized spacial score (nSPS) is 10.8. The maximum atomic E-state index is 9.64. The molecule has 0 aromatic heterocycles. The molecule has 15 heavy (non-hydrogen) atoms. The summed E-state index contributed by atoms with van der Waals surface area (Å²) in [7, 11) is 0. The monoisotopic (exact) mass is 203 g/mol. The maximum absolute atomic E-state index is 9.64. The molecule has 0 aliphatic rings. The van der Waals surface area contributed by atoms with Crippen LogP contribution in [0, 0.1) is 17.4 Å². The number of nitriles is 1. The van der Waals surface area contributed by atoms with E-state index in [4.69, 9.17) is 5.26 Å². The second-order valence-corrected chi connectivity index (χ2v) is 4.12. The third-order valence-electron chi connectivity index (χ3n) is 2.40. The molecule has 0 spiro atoms. The highest BCUT2D eigenvalue weighted by Crippen LogP contribution is 2.27. The minimum Gasteiger partial charge on any atom is -0.506 e. The number of rotatable bonds is 3. The first-order valence-electron chi connectivity index (χ1n) is 4.91. The molecule has 0 aliphatic heterocycles. The largest absolute Gasteiger partial charge is 0.506 e. The van der Waals surface area contributed by atoms with E-state index >= 15 is 0 Å². The summed E-state index contributed by atoms with van der Waals surface area (Å²) in [4.78, 5) is 0. The van der Waals surface area contributed by atoms with Gasteiger partial charge in [-0.2, -0.15) is 5.26 Å². The molecule has 3 nitrogen and oxygen atoms in total. The lowest BCUT2D eigenvalue weighted by Gasteiger charge is -2.26. The van der Waals surface area contributed by atoms with Crippen molar-refractivity contribution in [3.05, 3.63) is 23.8 Å². The smallest absolute Gasteiger partial charge is 0.140 e. The van der Waals surface area contributed by atoms with Crippen LogP contribution in [0.15, 0.2) is 12.1 Å². The first-order chi connectivity index (χ1) is 6.98. The Kier molecular flexibility index (Phi) is 3.21. The van der Waals surface area contributed by atoms with Crippen molar-refractivity contribution in [1.82, 2.24) is 0 Å². The van der Waals surface area contributed by atoms with E-state index in [2.05, 4.69) is 18.3 Å². The molecule has 1 aromatic rings. The first kappa shape index (κ1) is 11.4. The van der Waals surface area contributed by atoms with Gasteiger partial charge in [-0.3, -0.25) is 0 Å². The standard InChI is InChI=1S/C12H15N2O/c1-4-12(2,3)14-10-6-5-9(8-13)7-11(10)15/h5,7,14-15H,4H2,1-3H3. The van der Waals surface area contributed by atoms with Crippen molar-refractivity contribution >= 4 is 5.69 Å². The van der Waals surface area contributed by atoms with Crippen LogP contribution in [0.1, 0.15) is 32.8 Å². The first-order valence-corrected chi connectivity index (χ1v) is 4.91. The lowest BCUT2D eigenvalue weighted by atomic mass is 10.0. The third kappa shape index (κ3) is 2.88. The number of benzene rings is 1. The molecule has 79 valence electrons. The zero-order valence-electron chi connectivity index (χ0n) is 9.26. The summed E-state index contributed by atoms with van der Waals surface area (Å²) >= 11 is 0. The van der Waals surface area contributed by atoms with Crippen molar-refractivity contribution in [2.75, 3.05) is 5.32 Å². The lowest BCUT2D eigenvalue weighted by Crippen LogP contribution is -2.29. The average Bonchev–Trinajstić information content (AvgIpc) is 2.21. The van der Waals surface area contributed by atoms with E-state index in [9.17, 15) is 5.11 Å². The Bertz CT molecular complexity index is 391. The van der Waals surface area contributed by atoms with Gasteiger partial charge in [-0.15, -0.1) is 0 Å². The van der Waals surface area contributed by atoms with Crippen molar-refractivity contribution < 1.29 is 5.11 Å². The van der Waals surface area contributed by atoms with Gasteiger partial charge in [0, 0.05) is 11.6 Å².